The second kappa shape index (κ2) is 5.00. The maximum absolute atomic E-state index is 10.3. The van der Waals surface area contributed by atoms with Gasteiger partial charge in [-0.05, 0) is 12.3 Å². The molecular weight excluding hydrogens is 284 g/mol. The molecule has 2 aliphatic carbocycles. The van der Waals surface area contributed by atoms with Crippen LogP contribution in [0, 0.1) is 17.8 Å². The van der Waals surface area contributed by atoms with Crippen LogP contribution in [-0.4, -0.2) is 50.1 Å². The average Bonchev–Trinajstić information content (AvgIpc) is 2.91. The van der Waals surface area contributed by atoms with E-state index in [-0.39, 0.29) is 41.2 Å². The molecule has 6 atom stereocenters. The smallest absolute Gasteiger partial charge is 0.157 e. The summed E-state index contributed by atoms with van der Waals surface area (Å²) < 4.78 is 0. The minimum atomic E-state index is -0.659. The van der Waals surface area contributed by atoms with E-state index in [0.29, 0.717) is 12.2 Å². The van der Waals surface area contributed by atoms with Crippen molar-refractivity contribution in [1.82, 2.24) is 9.97 Å². The molecule has 0 radical (unpaired) electrons. The Kier molecular flexibility index (Phi) is 3.45. The zero-order valence-electron chi connectivity index (χ0n) is 10.6. The molecule has 0 amide bonds. The highest BCUT2D eigenvalue weighted by Crippen LogP contribution is 2.49. The number of hydrogen-bond donors (Lipinski definition) is 5. The molecule has 1 heterocycles. The SMILES string of the molecule is Nc1c(Cl)ncnc1N[C@H]1[C@H](O)[C@@H]2C[C@H]1[C@@H](O)[C@@H]2CO. The molecule has 0 aliphatic heterocycles. The van der Waals surface area contributed by atoms with Gasteiger partial charge in [0.25, 0.3) is 0 Å². The molecule has 3 rings (SSSR count). The molecule has 2 aliphatic rings. The first-order valence-electron chi connectivity index (χ1n) is 6.54. The van der Waals surface area contributed by atoms with Crippen molar-refractivity contribution in [3.63, 3.8) is 0 Å². The lowest BCUT2D eigenvalue weighted by Gasteiger charge is -2.36. The van der Waals surface area contributed by atoms with E-state index >= 15 is 0 Å². The first kappa shape index (κ1) is 13.8. The van der Waals surface area contributed by atoms with Crippen molar-refractivity contribution in [3.05, 3.63) is 11.5 Å². The third-order valence-corrected chi connectivity index (χ3v) is 4.89. The van der Waals surface area contributed by atoms with Gasteiger partial charge in [0.1, 0.15) is 12.0 Å². The van der Waals surface area contributed by atoms with Crippen LogP contribution >= 0.6 is 11.6 Å². The van der Waals surface area contributed by atoms with Crippen molar-refractivity contribution in [3.8, 4) is 0 Å². The molecule has 6 N–H and O–H groups in total. The topological polar surface area (TPSA) is 125 Å². The fraction of sp³-hybridized carbons (Fsp3) is 0.667. The van der Waals surface area contributed by atoms with Crippen molar-refractivity contribution in [2.24, 2.45) is 17.8 Å². The van der Waals surface area contributed by atoms with Crippen LogP contribution in [0.1, 0.15) is 6.42 Å². The largest absolute Gasteiger partial charge is 0.396 e. The van der Waals surface area contributed by atoms with Gasteiger partial charge in [-0.3, -0.25) is 0 Å². The summed E-state index contributed by atoms with van der Waals surface area (Å²) in [5.74, 6) is -0.162. The first-order chi connectivity index (χ1) is 9.54. The Morgan fingerprint density at radius 3 is 2.75 bits per heavy atom. The quantitative estimate of drug-likeness (QED) is 0.475. The van der Waals surface area contributed by atoms with Crippen LogP contribution in [-0.2, 0) is 0 Å². The number of nitrogens with two attached hydrogens (primary N) is 1. The molecule has 0 unspecified atom stereocenters. The predicted octanol–water partition coefficient (Wildman–Crippen LogP) is -0.527. The number of halogens is 1. The number of fused-ring (bicyclic) bond motifs is 2. The molecule has 2 saturated carbocycles. The zero-order valence-corrected chi connectivity index (χ0v) is 11.4. The Balaban J connectivity index is 1.81. The number of anilines is 2. The van der Waals surface area contributed by atoms with Crippen molar-refractivity contribution in [2.45, 2.75) is 24.7 Å². The van der Waals surface area contributed by atoms with E-state index in [9.17, 15) is 15.3 Å². The number of rotatable bonds is 3. The van der Waals surface area contributed by atoms with Crippen molar-refractivity contribution < 1.29 is 15.3 Å². The Hall–Kier alpha value is -1.15. The monoisotopic (exact) mass is 300 g/mol. The lowest BCUT2D eigenvalue weighted by atomic mass is 9.82. The molecule has 7 nitrogen and oxygen atoms in total. The Bertz CT molecular complexity index is 517. The molecule has 1 aromatic rings. The minimum absolute atomic E-state index is 0.115. The third-order valence-electron chi connectivity index (χ3n) is 4.59. The first-order valence-corrected chi connectivity index (χ1v) is 6.92. The van der Waals surface area contributed by atoms with Gasteiger partial charge in [-0.15, -0.1) is 0 Å². The minimum Gasteiger partial charge on any atom is -0.396 e. The molecule has 8 heteroatoms. The highest BCUT2D eigenvalue weighted by molar-refractivity contribution is 6.32. The van der Waals surface area contributed by atoms with E-state index < -0.39 is 12.2 Å². The second-order valence-corrected chi connectivity index (χ2v) is 5.85. The zero-order chi connectivity index (χ0) is 14.4. The molecule has 0 aromatic carbocycles. The lowest BCUT2D eigenvalue weighted by molar-refractivity contribution is -0.0312. The summed E-state index contributed by atoms with van der Waals surface area (Å²) in [6.07, 6.45) is 0.662. The normalized spacial score (nSPS) is 39.2. The predicted molar refractivity (Wildman–Crippen MR) is 73.1 cm³/mol. The van der Waals surface area contributed by atoms with Crippen LogP contribution in [0.5, 0.6) is 0 Å². The van der Waals surface area contributed by atoms with Gasteiger partial charge in [0, 0.05) is 18.4 Å². The summed E-state index contributed by atoms with van der Waals surface area (Å²) in [5, 5.41) is 33.0. The molecule has 0 saturated heterocycles. The number of aliphatic hydroxyl groups is 3. The standard InChI is InChI=1S/C12H17ClN4O3/c13-11-7(14)12(16-3-15-11)17-8-5-1-4(10(8)20)6(2-18)9(5)19/h3-6,8-10,18-20H,1-2,14H2,(H,15,16,17)/t4-,5-,6-,8-,9-,10-/m1/s1. The van der Waals surface area contributed by atoms with Crippen molar-refractivity contribution in [1.29, 1.82) is 0 Å². The van der Waals surface area contributed by atoms with Gasteiger partial charge in [0.05, 0.1) is 18.2 Å². The number of nitrogen functional groups attached to an aromatic ring is 1. The molecule has 0 spiro atoms. The van der Waals surface area contributed by atoms with Gasteiger partial charge in [-0.2, -0.15) is 0 Å². The molecule has 20 heavy (non-hydrogen) atoms. The molecule has 2 bridgehead atoms. The van der Waals surface area contributed by atoms with Crippen LogP contribution in [0.15, 0.2) is 6.33 Å². The summed E-state index contributed by atoms with van der Waals surface area (Å²) in [6.45, 7) is -0.117. The maximum Gasteiger partial charge on any atom is 0.157 e. The summed E-state index contributed by atoms with van der Waals surface area (Å²) in [7, 11) is 0. The van der Waals surface area contributed by atoms with Crippen molar-refractivity contribution >= 4 is 23.1 Å². The van der Waals surface area contributed by atoms with Crippen LogP contribution in [0.25, 0.3) is 0 Å². The maximum atomic E-state index is 10.3. The van der Waals surface area contributed by atoms with Crippen LogP contribution in [0.3, 0.4) is 0 Å². The fourth-order valence-electron chi connectivity index (χ4n) is 3.55. The molecular formula is C12H17ClN4O3. The van der Waals surface area contributed by atoms with Gasteiger partial charge < -0.3 is 26.4 Å². The summed E-state index contributed by atoms with van der Waals surface area (Å²) in [4.78, 5) is 7.78. The van der Waals surface area contributed by atoms with E-state index in [1.807, 2.05) is 0 Å². The number of nitrogens with one attached hydrogen (secondary N) is 1. The second-order valence-electron chi connectivity index (χ2n) is 5.49. The Morgan fingerprint density at radius 2 is 2.05 bits per heavy atom. The van der Waals surface area contributed by atoms with Crippen LogP contribution in [0.4, 0.5) is 11.5 Å². The van der Waals surface area contributed by atoms with E-state index in [2.05, 4.69) is 15.3 Å². The Morgan fingerprint density at radius 1 is 1.30 bits per heavy atom. The highest BCUT2D eigenvalue weighted by Gasteiger charge is 2.57. The molecule has 2 fully saturated rings. The number of aliphatic hydroxyl groups excluding tert-OH is 3. The summed E-state index contributed by atoms with van der Waals surface area (Å²) in [5.41, 5.74) is 6.01. The third kappa shape index (κ3) is 1.93. The molecule has 1 aromatic heterocycles. The van der Waals surface area contributed by atoms with E-state index in [0.717, 1.165) is 0 Å². The summed E-state index contributed by atoms with van der Waals surface area (Å²) in [6, 6.07) is -0.355. The van der Waals surface area contributed by atoms with Crippen molar-refractivity contribution in [2.75, 3.05) is 17.7 Å². The van der Waals surface area contributed by atoms with Crippen LogP contribution < -0.4 is 11.1 Å². The van der Waals surface area contributed by atoms with Gasteiger partial charge in [0.2, 0.25) is 0 Å². The van der Waals surface area contributed by atoms with E-state index in [1.54, 1.807) is 0 Å². The van der Waals surface area contributed by atoms with Gasteiger partial charge in [0.15, 0.2) is 11.0 Å². The number of aromatic nitrogens is 2. The average molecular weight is 301 g/mol. The van der Waals surface area contributed by atoms with E-state index in [4.69, 9.17) is 17.3 Å². The highest BCUT2D eigenvalue weighted by atomic mass is 35.5. The lowest BCUT2D eigenvalue weighted by Crippen LogP contribution is -2.49. The Labute approximate surface area is 120 Å². The fourth-order valence-corrected chi connectivity index (χ4v) is 3.69. The summed E-state index contributed by atoms with van der Waals surface area (Å²) >= 11 is 5.83. The number of nitrogens with zero attached hydrogens (tertiary/aromatic N) is 2. The van der Waals surface area contributed by atoms with Gasteiger partial charge in [-0.1, -0.05) is 11.6 Å². The molecule has 110 valence electrons. The van der Waals surface area contributed by atoms with Gasteiger partial charge >= 0.3 is 0 Å². The number of hydrogen-bond acceptors (Lipinski definition) is 7. The van der Waals surface area contributed by atoms with Gasteiger partial charge in [-0.25, -0.2) is 9.97 Å². The van der Waals surface area contributed by atoms with E-state index in [1.165, 1.54) is 6.33 Å². The van der Waals surface area contributed by atoms with Crippen LogP contribution in [0.2, 0.25) is 5.15 Å².